The summed E-state index contributed by atoms with van der Waals surface area (Å²) in [5.41, 5.74) is 7.49. The lowest BCUT2D eigenvalue weighted by Crippen LogP contribution is -2.60. The smallest absolute Gasteiger partial charge is 0.192 e. The molecule has 0 aliphatic carbocycles. The second kappa shape index (κ2) is 7.92. The minimum atomic E-state index is -0.0750. The minimum Gasteiger partial charge on any atom is -0.192 e. The first kappa shape index (κ1) is 21.2. The van der Waals surface area contributed by atoms with Crippen LogP contribution < -0.4 is 9.13 Å². The van der Waals surface area contributed by atoms with Gasteiger partial charge in [-0.05, 0) is 58.0 Å². The van der Waals surface area contributed by atoms with E-state index in [0.29, 0.717) is 0 Å². The molecule has 2 aromatic heterocycles. The predicted octanol–water partition coefficient (Wildman–Crippen LogP) is 6.35. The van der Waals surface area contributed by atoms with E-state index < -0.39 is 0 Å². The Bertz CT molecular complexity index is 1170. The third-order valence-corrected chi connectivity index (χ3v) is 7.43. The number of nitrogens with zero attached hydrogens (tertiary/aromatic N) is 2. The number of hydrogen-bond acceptors (Lipinski definition) is 0. The zero-order valence-electron chi connectivity index (χ0n) is 19.5. The van der Waals surface area contributed by atoms with Crippen LogP contribution in [0.25, 0.3) is 22.5 Å². The highest BCUT2D eigenvalue weighted by atomic mass is 15.1. The maximum atomic E-state index is 4.62. The molecule has 158 valence electrons. The van der Waals surface area contributed by atoms with Crippen molar-refractivity contribution in [3.63, 3.8) is 0 Å². The Morgan fingerprint density at radius 3 is 2.26 bits per heavy atom. The van der Waals surface area contributed by atoms with Gasteiger partial charge >= 0.3 is 0 Å². The fourth-order valence-electron chi connectivity index (χ4n) is 5.68. The van der Waals surface area contributed by atoms with E-state index >= 15 is 0 Å². The first-order chi connectivity index (χ1) is 14.9. The van der Waals surface area contributed by atoms with Crippen LogP contribution >= 0.6 is 0 Å². The number of fused-ring (bicyclic) bond motifs is 1. The third-order valence-electron chi connectivity index (χ3n) is 7.43. The van der Waals surface area contributed by atoms with Crippen molar-refractivity contribution in [2.45, 2.75) is 53.0 Å². The van der Waals surface area contributed by atoms with Gasteiger partial charge in [-0.1, -0.05) is 31.2 Å². The van der Waals surface area contributed by atoms with Gasteiger partial charge in [0, 0.05) is 41.8 Å². The van der Waals surface area contributed by atoms with Gasteiger partial charge in [0.1, 0.15) is 0 Å². The van der Waals surface area contributed by atoms with Gasteiger partial charge in [0.25, 0.3) is 0 Å². The fraction of sp³-hybridized carbons (Fsp3) is 0.310. The number of aromatic nitrogens is 2. The molecule has 1 unspecified atom stereocenters. The highest BCUT2D eigenvalue weighted by molar-refractivity contribution is 5.69. The topological polar surface area (TPSA) is 7.76 Å². The summed E-state index contributed by atoms with van der Waals surface area (Å²) in [5.74, 6) is 0. The monoisotopic (exact) mass is 410 g/mol. The molecule has 31 heavy (non-hydrogen) atoms. The van der Waals surface area contributed by atoms with E-state index in [1.54, 1.807) is 0 Å². The van der Waals surface area contributed by atoms with E-state index in [1.807, 2.05) is 0 Å². The van der Waals surface area contributed by atoms with Crippen LogP contribution in [0.15, 0.2) is 85.7 Å². The van der Waals surface area contributed by atoms with Gasteiger partial charge in [0.2, 0.25) is 11.4 Å². The molecule has 1 aliphatic heterocycles. The zero-order valence-corrected chi connectivity index (χ0v) is 19.5. The van der Waals surface area contributed by atoms with E-state index in [9.17, 15) is 0 Å². The lowest BCUT2D eigenvalue weighted by molar-refractivity contribution is -0.770. The van der Waals surface area contributed by atoms with Crippen LogP contribution in [0.2, 0.25) is 0 Å². The molecule has 0 radical (unpaired) electrons. The Kier molecular flexibility index (Phi) is 5.43. The van der Waals surface area contributed by atoms with Crippen LogP contribution in [-0.2, 0) is 5.54 Å². The number of benzene rings is 1. The van der Waals surface area contributed by atoms with Gasteiger partial charge in [-0.15, -0.1) is 0 Å². The summed E-state index contributed by atoms with van der Waals surface area (Å²) in [6, 6.07) is 21.6. The summed E-state index contributed by atoms with van der Waals surface area (Å²) in [4.78, 5) is 0. The molecule has 2 heteroatoms. The maximum absolute atomic E-state index is 4.62. The van der Waals surface area contributed by atoms with E-state index in [-0.39, 0.29) is 11.0 Å². The lowest BCUT2D eigenvalue weighted by Gasteiger charge is -2.35. The molecule has 0 saturated heterocycles. The largest absolute Gasteiger partial charge is 0.218 e. The number of aryl methyl sites for hydroxylation is 1. The molecule has 3 aromatic rings. The molecule has 0 spiro atoms. The van der Waals surface area contributed by atoms with Crippen molar-refractivity contribution in [1.29, 1.82) is 0 Å². The maximum Gasteiger partial charge on any atom is 0.218 e. The van der Waals surface area contributed by atoms with Crippen LogP contribution in [0.3, 0.4) is 0 Å². The number of allylic oxidation sites excluding steroid dienone is 3. The summed E-state index contributed by atoms with van der Waals surface area (Å²) >= 11 is 0. The van der Waals surface area contributed by atoms with Crippen LogP contribution in [-0.4, -0.2) is 0 Å². The number of hydrogen-bond donors (Lipinski definition) is 0. The normalized spacial score (nSPS) is 20.6. The molecule has 0 N–H and O–H groups in total. The Balaban J connectivity index is 1.83. The standard InChI is InChI=1S/C29H34N2/c1-7-25-27-18-12-14-20-31(27)29(8-2,28(25,5)6)21-23(4)30-19-13-11-17-26(30)24-16-10-9-15-22(24)3/h7,9-20H,4,8,21H2,1-3,5-6H3/q+2/b25-7-. The molecule has 0 saturated carbocycles. The molecular formula is C29H34N2+2. The molecular weight excluding hydrogens is 376 g/mol. The van der Waals surface area contributed by atoms with E-state index in [2.05, 4.69) is 129 Å². The average molecular weight is 411 g/mol. The molecule has 0 amide bonds. The van der Waals surface area contributed by atoms with E-state index in [1.165, 1.54) is 28.1 Å². The SMILES string of the molecule is C=C(CC1(CC)[n+]2ccccc2/C(=C/C)C1(C)C)[n+]1ccccc1-c1ccccc1C. The molecule has 0 fully saturated rings. The summed E-state index contributed by atoms with van der Waals surface area (Å²) in [6.07, 6.45) is 8.61. The molecule has 0 bridgehead atoms. The van der Waals surface area contributed by atoms with Gasteiger partial charge in [-0.25, -0.2) is 0 Å². The van der Waals surface area contributed by atoms with Crippen LogP contribution in [0.1, 0.15) is 51.8 Å². The molecule has 1 aromatic carbocycles. The Morgan fingerprint density at radius 1 is 0.935 bits per heavy atom. The summed E-state index contributed by atoms with van der Waals surface area (Å²) in [7, 11) is 0. The van der Waals surface area contributed by atoms with Crippen molar-refractivity contribution >= 4 is 11.3 Å². The summed E-state index contributed by atoms with van der Waals surface area (Å²) in [6.45, 7) is 16.1. The molecule has 2 nitrogen and oxygen atoms in total. The molecule has 1 aliphatic rings. The van der Waals surface area contributed by atoms with Crippen molar-refractivity contribution in [2.24, 2.45) is 5.41 Å². The van der Waals surface area contributed by atoms with Gasteiger partial charge in [-0.3, -0.25) is 0 Å². The fourth-order valence-corrected chi connectivity index (χ4v) is 5.68. The van der Waals surface area contributed by atoms with Crippen molar-refractivity contribution in [3.8, 4) is 11.3 Å². The first-order valence-corrected chi connectivity index (χ1v) is 11.3. The molecule has 3 heterocycles. The minimum absolute atomic E-state index is 0.00798. The molecule has 4 rings (SSSR count). The van der Waals surface area contributed by atoms with Crippen molar-refractivity contribution in [1.82, 2.24) is 0 Å². The Hall–Kier alpha value is -3.00. The second-order valence-corrected chi connectivity index (χ2v) is 9.18. The second-order valence-electron chi connectivity index (χ2n) is 9.18. The summed E-state index contributed by atoms with van der Waals surface area (Å²) < 4.78 is 4.79. The zero-order chi connectivity index (χ0) is 22.2. The highest BCUT2D eigenvalue weighted by Crippen LogP contribution is 2.53. The van der Waals surface area contributed by atoms with Crippen LogP contribution in [0, 0.1) is 12.3 Å². The third kappa shape index (κ3) is 3.17. The first-order valence-electron chi connectivity index (χ1n) is 11.3. The number of pyridine rings is 2. The van der Waals surface area contributed by atoms with Crippen molar-refractivity contribution < 1.29 is 9.13 Å². The number of rotatable bonds is 5. The Morgan fingerprint density at radius 2 is 1.58 bits per heavy atom. The molecule has 1 atom stereocenters. The Labute approximate surface area is 187 Å². The average Bonchev–Trinajstić information content (AvgIpc) is 2.97. The van der Waals surface area contributed by atoms with Gasteiger partial charge in [-0.2, -0.15) is 9.13 Å². The van der Waals surface area contributed by atoms with Crippen LogP contribution in [0.5, 0.6) is 0 Å². The van der Waals surface area contributed by atoms with Gasteiger partial charge < -0.3 is 0 Å². The van der Waals surface area contributed by atoms with Gasteiger partial charge in [0.15, 0.2) is 23.6 Å². The van der Waals surface area contributed by atoms with E-state index in [4.69, 9.17) is 0 Å². The van der Waals surface area contributed by atoms with Crippen molar-refractivity contribution in [2.75, 3.05) is 0 Å². The predicted molar refractivity (Wildman–Crippen MR) is 129 cm³/mol. The van der Waals surface area contributed by atoms with Gasteiger partial charge in [0.05, 0.1) is 11.8 Å². The van der Waals surface area contributed by atoms with Crippen LogP contribution in [0.4, 0.5) is 0 Å². The highest BCUT2D eigenvalue weighted by Gasteiger charge is 2.62. The quantitative estimate of drug-likeness (QED) is 0.433. The lowest BCUT2D eigenvalue weighted by atomic mass is 9.66. The van der Waals surface area contributed by atoms with Crippen molar-refractivity contribution in [3.05, 3.63) is 97.0 Å². The summed E-state index contributed by atoms with van der Waals surface area (Å²) in [5, 5.41) is 0. The van der Waals surface area contributed by atoms with E-state index in [0.717, 1.165) is 18.5 Å².